The van der Waals surface area contributed by atoms with E-state index in [9.17, 15) is 4.79 Å². The summed E-state index contributed by atoms with van der Waals surface area (Å²) in [6, 6.07) is 7.39. The molecular weight excluding hydrogens is 310 g/mol. The summed E-state index contributed by atoms with van der Waals surface area (Å²) < 4.78 is 1.81. The van der Waals surface area contributed by atoms with Crippen molar-refractivity contribution in [2.75, 3.05) is 5.32 Å². The fraction of sp³-hybridized carbons (Fsp3) is 0.375. The summed E-state index contributed by atoms with van der Waals surface area (Å²) in [5.41, 5.74) is 0.532. The average molecular weight is 329 g/mol. The summed E-state index contributed by atoms with van der Waals surface area (Å²) in [5, 5.41) is 16.4. The SMILES string of the molecule is CC[C@H](C)n1nccc1NC(=O)[C@H](C)Sc1cc(C#N)ccn1. The van der Waals surface area contributed by atoms with E-state index in [1.54, 1.807) is 30.6 Å². The van der Waals surface area contributed by atoms with Crippen molar-refractivity contribution in [2.24, 2.45) is 0 Å². The van der Waals surface area contributed by atoms with Crippen LogP contribution >= 0.6 is 11.8 Å². The van der Waals surface area contributed by atoms with E-state index in [1.165, 1.54) is 11.8 Å². The van der Waals surface area contributed by atoms with E-state index in [2.05, 4.69) is 35.3 Å². The number of carbonyl (C=O) groups excluding carboxylic acids is 1. The van der Waals surface area contributed by atoms with E-state index < -0.39 is 0 Å². The molecule has 0 radical (unpaired) electrons. The number of amides is 1. The van der Waals surface area contributed by atoms with Gasteiger partial charge in [-0.05, 0) is 32.4 Å². The van der Waals surface area contributed by atoms with Crippen molar-refractivity contribution in [1.82, 2.24) is 14.8 Å². The van der Waals surface area contributed by atoms with Gasteiger partial charge < -0.3 is 5.32 Å². The number of aromatic nitrogens is 3. The molecule has 2 aromatic rings. The Hall–Kier alpha value is -2.33. The molecule has 2 heterocycles. The van der Waals surface area contributed by atoms with Crippen molar-refractivity contribution in [2.45, 2.75) is 43.5 Å². The highest BCUT2D eigenvalue weighted by Gasteiger charge is 2.18. The van der Waals surface area contributed by atoms with Crippen molar-refractivity contribution in [1.29, 1.82) is 5.26 Å². The monoisotopic (exact) mass is 329 g/mol. The van der Waals surface area contributed by atoms with Gasteiger partial charge in [0.2, 0.25) is 5.91 Å². The molecule has 0 spiro atoms. The Bertz CT molecular complexity index is 721. The number of nitriles is 1. The Kier molecular flexibility index (Phi) is 5.77. The van der Waals surface area contributed by atoms with Crippen LogP contribution < -0.4 is 5.32 Å². The first-order valence-electron chi connectivity index (χ1n) is 7.42. The van der Waals surface area contributed by atoms with E-state index in [-0.39, 0.29) is 17.2 Å². The lowest BCUT2D eigenvalue weighted by Crippen LogP contribution is -2.24. The maximum Gasteiger partial charge on any atom is 0.238 e. The Morgan fingerprint density at radius 1 is 1.43 bits per heavy atom. The van der Waals surface area contributed by atoms with Crippen molar-refractivity contribution in [3.05, 3.63) is 36.2 Å². The zero-order valence-electron chi connectivity index (χ0n) is 13.4. The maximum absolute atomic E-state index is 12.4. The molecule has 2 aromatic heterocycles. The van der Waals surface area contributed by atoms with E-state index in [0.717, 1.165) is 6.42 Å². The predicted octanol–water partition coefficient (Wildman–Crippen LogP) is 3.24. The highest BCUT2D eigenvalue weighted by Crippen LogP contribution is 2.23. The largest absolute Gasteiger partial charge is 0.310 e. The standard InChI is InChI=1S/C16H19N5OS/c1-4-11(2)21-14(6-8-19-21)20-16(22)12(3)23-15-9-13(10-17)5-7-18-15/h5-9,11-12H,4H2,1-3H3,(H,20,22)/t11-,12-/m0/s1. The Labute approximate surface area is 139 Å². The second-order valence-electron chi connectivity index (χ2n) is 5.16. The quantitative estimate of drug-likeness (QED) is 0.823. The minimum Gasteiger partial charge on any atom is -0.310 e. The Morgan fingerprint density at radius 2 is 2.22 bits per heavy atom. The number of pyridine rings is 1. The molecule has 0 saturated carbocycles. The van der Waals surface area contributed by atoms with Crippen molar-refractivity contribution >= 4 is 23.5 Å². The molecule has 23 heavy (non-hydrogen) atoms. The molecule has 0 aliphatic heterocycles. The van der Waals surface area contributed by atoms with Crippen LogP contribution in [0.1, 0.15) is 38.8 Å². The lowest BCUT2D eigenvalue weighted by atomic mass is 10.3. The fourth-order valence-electron chi connectivity index (χ4n) is 1.94. The molecule has 1 N–H and O–H groups in total. The van der Waals surface area contributed by atoms with Crippen LogP contribution in [-0.2, 0) is 4.79 Å². The molecule has 2 atom stereocenters. The molecule has 1 amide bonds. The van der Waals surface area contributed by atoms with E-state index >= 15 is 0 Å². The number of hydrogen-bond acceptors (Lipinski definition) is 5. The summed E-state index contributed by atoms with van der Waals surface area (Å²) in [7, 11) is 0. The van der Waals surface area contributed by atoms with E-state index in [1.807, 2.05) is 11.6 Å². The fourth-order valence-corrected chi connectivity index (χ4v) is 2.79. The molecule has 0 saturated heterocycles. The molecule has 2 rings (SSSR count). The molecule has 0 aromatic carbocycles. The Balaban J connectivity index is 2.03. The molecule has 7 heteroatoms. The van der Waals surface area contributed by atoms with Crippen LogP contribution in [0.4, 0.5) is 5.82 Å². The summed E-state index contributed by atoms with van der Waals surface area (Å²) >= 11 is 1.32. The van der Waals surface area contributed by atoms with Crippen LogP contribution in [0.15, 0.2) is 35.6 Å². The predicted molar refractivity (Wildman–Crippen MR) is 90.1 cm³/mol. The zero-order chi connectivity index (χ0) is 16.8. The van der Waals surface area contributed by atoms with Crippen LogP contribution in [0.3, 0.4) is 0 Å². The van der Waals surface area contributed by atoms with Crippen molar-refractivity contribution in [3.63, 3.8) is 0 Å². The van der Waals surface area contributed by atoms with Crippen LogP contribution in [0.25, 0.3) is 0 Å². The van der Waals surface area contributed by atoms with Gasteiger partial charge in [-0.25, -0.2) is 9.67 Å². The first-order valence-corrected chi connectivity index (χ1v) is 8.30. The number of anilines is 1. The van der Waals surface area contributed by atoms with Gasteiger partial charge >= 0.3 is 0 Å². The van der Waals surface area contributed by atoms with Crippen LogP contribution in [0.2, 0.25) is 0 Å². The summed E-state index contributed by atoms with van der Waals surface area (Å²) in [5.74, 6) is 0.569. The molecular formula is C16H19N5OS. The third-order valence-corrected chi connectivity index (χ3v) is 4.49. The smallest absolute Gasteiger partial charge is 0.238 e. The third kappa shape index (κ3) is 4.33. The lowest BCUT2D eigenvalue weighted by molar-refractivity contribution is -0.115. The van der Waals surface area contributed by atoms with Crippen LogP contribution in [-0.4, -0.2) is 25.9 Å². The molecule has 0 unspecified atom stereocenters. The number of rotatable bonds is 6. The number of nitrogens with one attached hydrogen (secondary N) is 1. The number of hydrogen-bond donors (Lipinski definition) is 1. The van der Waals surface area contributed by atoms with Gasteiger partial charge in [0.1, 0.15) is 5.82 Å². The van der Waals surface area contributed by atoms with Gasteiger partial charge in [0.25, 0.3) is 0 Å². The molecule has 6 nitrogen and oxygen atoms in total. The van der Waals surface area contributed by atoms with Crippen LogP contribution in [0, 0.1) is 11.3 Å². The molecule has 0 aliphatic rings. The molecule has 0 aliphatic carbocycles. The molecule has 0 fully saturated rings. The normalized spacial score (nSPS) is 13.1. The minimum absolute atomic E-state index is 0.121. The van der Waals surface area contributed by atoms with Crippen molar-refractivity contribution < 1.29 is 4.79 Å². The highest BCUT2D eigenvalue weighted by atomic mass is 32.2. The summed E-state index contributed by atoms with van der Waals surface area (Å²) in [4.78, 5) is 16.5. The minimum atomic E-state index is -0.336. The highest BCUT2D eigenvalue weighted by molar-refractivity contribution is 8.00. The summed E-state index contributed by atoms with van der Waals surface area (Å²) in [6.07, 6.45) is 4.18. The Morgan fingerprint density at radius 3 is 2.91 bits per heavy atom. The lowest BCUT2D eigenvalue weighted by Gasteiger charge is -2.16. The second-order valence-corrected chi connectivity index (χ2v) is 6.52. The van der Waals surface area contributed by atoms with Crippen LogP contribution in [0.5, 0.6) is 0 Å². The third-order valence-electron chi connectivity index (χ3n) is 3.46. The van der Waals surface area contributed by atoms with Gasteiger partial charge in [0.15, 0.2) is 0 Å². The first kappa shape index (κ1) is 17.0. The zero-order valence-corrected chi connectivity index (χ0v) is 14.2. The van der Waals surface area contributed by atoms with Gasteiger partial charge in [-0.3, -0.25) is 4.79 Å². The van der Waals surface area contributed by atoms with Gasteiger partial charge in [-0.1, -0.05) is 18.7 Å². The van der Waals surface area contributed by atoms with E-state index in [4.69, 9.17) is 5.26 Å². The number of carbonyl (C=O) groups is 1. The maximum atomic E-state index is 12.4. The number of thioether (sulfide) groups is 1. The summed E-state index contributed by atoms with van der Waals surface area (Å²) in [6.45, 7) is 5.94. The van der Waals surface area contributed by atoms with E-state index in [0.29, 0.717) is 16.4 Å². The topological polar surface area (TPSA) is 83.6 Å². The molecule has 120 valence electrons. The number of nitrogens with zero attached hydrogens (tertiary/aromatic N) is 4. The van der Waals surface area contributed by atoms with Gasteiger partial charge in [0.05, 0.1) is 34.1 Å². The van der Waals surface area contributed by atoms with Gasteiger partial charge in [-0.15, -0.1) is 0 Å². The van der Waals surface area contributed by atoms with Gasteiger partial charge in [-0.2, -0.15) is 10.4 Å². The molecule has 0 bridgehead atoms. The second kappa shape index (κ2) is 7.79. The van der Waals surface area contributed by atoms with Crippen molar-refractivity contribution in [3.8, 4) is 6.07 Å². The van der Waals surface area contributed by atoms with Gasteiger partial charge in [0, 0.05) is 12.3 Å². The first-order chi connectivity index (χ1) is 11.0. The average Bonchev–Trinajstić information content (AvgIpc) is 3.02.